The number of carbonyl (C=O) groups excluding carboxylic acids is 1. The van der Waals surface area contributed by atoms with Gasteiger partial charge in [-0.2, -0.15) is 10.1 Å². The van der Waals surface area contributed by atoms with E-state index in [1.165, 1.54) is 6.33 Å². The van der Waals surface area contributed by atoms with Gasteiger partial charge in [-0.15, -0.1) is 0 Å². The number of allylic oxidation sites excluding steroid dienone is 1. The Balaban J connectivity index is 2.23. The number of ether oxygens (including phenoxy) is 4. The van der Waals surface area contributed by atoms with Gasteiger partial charge < -0.3 is 24.3 Å². The maximum absolute atomic E-state index is 13.0. The Bertz CT molecular complexity index is 883. The molecule has 0 bridgehead atoms. The summed E-state index contributed by atoms with van der Waals surface area (Å²) in [6, 6.07) is 3.14. The molecule has 1 N–H and O–H groups in total. The lowest BCUT2D eigenvalue weighted by molar-refractivity contribution is -0.147. The fourth-order valence-electron chi connectivity index (χ4n) is 3.55. The number of rotatable bonds is 7. The molecule has 1 aliphatic heterocycles. The molecule has 2 heterocycles. The number of methoxy groups -OCH3 is 3. The highest BCUT2D eigenvalue weighted by Gasteiger charge is 2.41. The number of aromatic nitrogens is 3. The molecule has 2 aromatic rings. The van der Waals surface area contributed by atoms with Crippen LogP contribution in [0.5, 0.6) is 17.2 Å². The molecule has 0 saturated carbocycles. The molecule has 1 aromatic heterocycles. The van der Waals surface area contributed by atoms with Crippen LogP contribution in [0.2, 0.25) is 0 Å². The third kappa shape index (κ3) is 3.72. The Kier molecular flexibility index (Phi) is 6.26. The van der Waals surface area contributed by atoms with Crippen LogP contribution in [0.3, 0.4) is 0 Å². The summed E-state index contributed by atoms with van der Waals surface area (Å²) in [5.41, 5.74) is 1.48. The average molecular weight is 402 g/mol. The minimum Gasteiger partial charge on any atom is -0.493 e. The van der Waals surface area contributed by atoms with Gasteiger partial charge in [-0.3, -0.25) is 4.79 Å². The fraction of sp³-hybridized carbons (Fsp3) is 0.450. The molecular formula is C20H26N4O5. The molecule has 0 saturated heterocycles. The van der Waals surface area contributed by atoms with Crippen molar-refractivity contribution in [3.63, 3.8) is 0 Å². The first-order chi connectivity index (χ1) is 14.1. The molecule has 29 heavy (non-hydrogen) atoms. The second kappa shape index (κ2) is 8.85. The van der Waals surface area contributed by atoms with Crippen LogP contribution in [0.25, 0.3) is 0 Å². The van der Waals surface area contributed by atoms with Crippen molar-refractivity contribution in [2.45, 2.75) is 26.3 Å². The van der Waals surface area contributed by atoms with E-state index in [0.29, 0.717) is 23.2 Å². The van der Waals surface area contributed by atoms with Crippen LogP contribution in [0.1, 0.15) is 31.9 Å². The van der Waals surface area contributed by atoms with Gasteiger partial charge in [0.25, 0.3) is 0 Å². The highest BCUT2D eigenvalue weighted by atomic mass is 16.5. The maximum atomic E-state index is 13.0. The highest BCUT2D eigenvalue weighted by Crippen LogP contribution is 2.45. The zero-order valence-corrected chi connectivity index (χ0v) is 17.3. The van der Waals surface area contributed by atoms with E-state index in [1.807, 2.05) is 25.1 Å². The van der Waals surface area contributed by atoms with Crippen molar-refractivity contribution in [3.8, 4) is 17.2 Å². The summed E-state index contributed by atoms with van der Waals surface area (Å²) in [5, 5.41) is 7.56. The third-order valence-electron chi connectivity index (χ3n) is 4.74. The third-order valence-corrected chi connectivity index (χ3v) is 4.74. The van der Waals surface area contributed by atoms with Crippen LogP contribution >= 0.6 is 0 Å². The van der Waals surface area contributed by atoms with Gasteiger partial charge in [0.1, 0.15) is 12.2 Å². The topological polar surface area (TPSA) is 96.7 Å². The Labute approximate surface area is 169 Å². The first-order valence-corrected chi connectivity index (χ1v) is 9.42. The first-order valence-electron chi connectivity index (χ1n) is 9.42. The lowest BCUT2D eigenvalue weighted by Crippen LogP contribution is -2.38. The molecule has 0 spiro atoms. The second-order valence-corrected chi connectivity index (χ2v) is 6.35. The zero-order chi connectivity index (χ0) is 21.0. The van der Waals surface area contributed by atoms with Crippen LogP contribution in [0.15, 0.2) is 30.2 Å². The number of hydrogen-bond acceptors (Lipinski definition) is 8. The molecule has 0 radical (unpaired) electrons. The first kappa shape index (κ1) is 20.5. The van der Waals surface area contributed by atoms with Crippen LogP contribution in [-0.4, -0.2) is 48.7 Å². The number of fused-ring (bicyclic) bond motifs is 1. The number of anilines is 1. The summed E-state index contributed by atoms with van der Waals surface area (Å²) >= 11 is 0. The van der Waals surface area contributed by atoms with Gasteiger partial charge >= 0.3 is 5.97 Å². The minimum absolute atomic E-state index is 0.279. The van der Waals surface area contributed by atoms with Gasteiger partial charge in [0.15, 0.2) is 11.5 Å². The molecular weight excluding hydrogens is 376 g/mol. The fourth-order valence-corrected chi connectivity index (χ4v) is 3.55. The van der Waals surface area contributed by atoms with Gasteiger partial charge in [0.05, 0.1) is 34.0 Å². The maximum Gasteiger partial charge on any atom is 0.317 e. The van der Waals surface area contributed by atoms with Gasteiger partial charge in [-0.1, -0.05) is 13.0 Å². The quantitative estimate of drug-likeness (QED) is 0.706. The molecule has 0 aliphatic carbocycles. The summed E-state index contributed by atoms with van der Waals surface area (Å²) in [4.78, 5) is 17.3. The van der Waals surface area contributed by atoms with E-state index in [4.69, 9.17) is 18.9 Å². The summed E-state index contributed by atoms with van der Waals surface area (Å²) in [7, 11) is 4.65. The smallest absolute Gasteiger partial charge is 0.317 e. The minimum atomic E-state index is -0.632. The van der Waals surface area contributed by atoms with Gasteiger partial charge in [-0.25, -0.2) is 4.68 Å². The van der Waals surface area contributed by atoms with Crippen molar-refractivity contribution in [1.29, 1.82) is 0 Å². The summed E-state index contributed by atoms with van der Waals surface area (Å²) in [6.07, 6.45) is 4.16. The van der Waals surface area contributed by atoms with Gasteiger partial charge in [0, 0.05) is 5.70 Å². The number of nitrogens with one attached hydrogen (secondary N) is 1. The van der Waals surface area contributed by atoms with E-state index in [1.54, 1.807) is 32.9 Å². The second-order valence-electron chi connectivity index (χ2n) is 6.35. The number of nitrogens with zero attached hydrogens (tertiary/aromatic N) is 3. The summed E-state index contributed by atoms with van der Waals surface area (Å²) in [5.74, 6) is 1.02. The lowest BCUT2D eigenvalue weighted by Gasteiger charge is -2.34. The monoisotopic (exact) mass is 402 g/mol. The number of carbonyl (C=O) groups is 1. The number of hydrogen-bond donors (Lipinski definition) is 1. The van der Waals surface area contributed by atoms with Crippen molar-refractivity contribution in [3.05, 3.63) is 35.8 Å². The van der Waals surface area contributed by atoms with Crippen molar-refractivity contribution >= 4 is 11.9 Å². The molecule has 0 amide bonds. The molecule has 1 aliphatic rings. The standard InChI is InChI=1S/C20H26N4O5/c1-6-8-13-16(19(25)29-7-2)17(24-20(23-13)21-11-22-24)12-9-14(26-3)18(28-5)15(10-12)27-4/h8-11,16-17H,6-7H2,1-5H3,(H,21,22,23)/b13-8-/t16-,17-/m1/s1. The Hall–Kier alpha value is -3.23. The van der Waals surface area contributed by atoms with Crippen molar-refractivity contribution in [1.82, 2.24) is 14.8 Å². The molecule has 9 nitrogen and oxygen atoms in total. The van der Waals surface area contributed by atoms with Crippen molar-refractivity contribution < 1.29 is 23.7 Å². The van der Waals surface area contributed by atoms with Crippen molar-refractivity contribution in [2.24, 2.45) is 5.92 Å². The molecule has 9 heteroatoms. The number of esters is 1. The normalized spacial score (nSPS) is 19.3. The Morgan fingerprint density at radius 3 is 2.41 bits per heavy atom. The van der Waals surface area contributed by atoms with Crippen LogP contribution in [0.4, 0.5) is 5.95 Å². The SMILES string of the molecule is CC/C=C1\Nc2ncnn2[C@H](c2cc(OC)c(OC)c(OC)c2)[C@@H]1C(=O)OCC. The molecule has 1 aromatic carbocycles. The van der Waals surface area contributed by atoms with E-state index >= 15 is 0 Å². The van der Waals surface area contributed by atoms with Gasteiger partial charge in [-0.05, 0) is 31.0 Å². The molecule has 0 fully saturated rings. The Morgan fingerprint density at radius 2 is 1.86 bits per heavy atom. The predicted octanol–water partition coefficient (Wildman–Crippen LogP) is 2.79. The van der Waals surface area contributed by atoms with Gasteiger partial charge in [0.2, 0.25) is 11.7 Å². The average Bonchev–Trinajstić information content (AvgIpc) is 3.20. The lowest BCUT2D eigenvalue weighted by atomic mass is 9.88. The van der Waals surface area contributed by atoms with E-state index in [2.05, 4.69) is 15.4 Å². The molecule has 3 rings (SSSR count). The van der Waals surface area contributed by atoms with Crippen LogP contribution in [-0.2, 0) is 9.53 Å². The molecule has 2 atom stereocenters. The summed E-state index contributed by atoms with van der Waals surface area (Å²) in [6.45, 7) is 4.07. The zero-order valence-electron chi connectivity index (χ0n) is 17.3. The van der Waals surface area contributed by atoms with Crippen molar-refractivity contribution in [2.75, 3.05) is 33.3 Å². The predicted molar refractivity (Wildman–Crippen MR) is 106 cm³/mol. The highest BCUT2D eigenvalue weighted by molar-refractivity contribution is 5.79. The number of benzene rings is 1. The largest absolute Gasteiger partial charge is 0.493 e. The van der Waals surface area contributed by atoms with E-state index in [0.717, 1.165) is 17.7 Å². The Morgan fingerprint density at radius 1 is 1.17 bits per heavy atom. The van der Waals surface area contributed by atoms with E-state index in [-0.39, 0.29) is 12.6 Å². The summed E-state index contributed by atoms with van der Waals surface area (Å²) < 4.78 is 23.5. The van der Waals surface area contributed by atoms with Crippen LogP contribution < -0.4 is 19.5 Å². The van der Waals surface area contributed by atoms with E-state index < -0.39 is 12.0 Å². The molecule has 0 unspecified atom stereocenters. The molecule has 156 valence electrons. The van der Waals surface area contributed by atoms with E-state index in [9.17, 15) is 4.79 Å². The van der Waals surface area contributed by atoms with Crippen LogP contribution in [0, 0.1) is 5.92 Å².